The lowest BCUT2D eigenvalue weighted by Crippen LogP contribution is -2.27. The van der Waals surface area contributed by atoms with Crippen LogP contribution in [0.15, 0.2) is 91.0 Å². The average molecular weight is 331 g/mol. The van der Waals surface area contributed by atoms with Crippen LogP contribution >= 0.6 is 0 Å². The summed E-state index contributed by atoms with van der Waals surface area (Å²) >= 11 is 0. The zero-order valence-corrected chi connectivity index (χ0v) is 14.4. The smallest absolute Gasteiger partial charge is 0.0581 e. The fraction of sp³-hybridized carbons (Fsp3) is 0.217. The van der Waals surface area contributed by atoms with Crippen molar-refractivity contribution in [1.29, 1.82) is 0 Å². The van der Waals surface area contributed by atoms with Crippen molar-refractivity contribution in [2.75, 3.05) is 6.61 Å². The number of aliphatic hydroxyl groups excluding tert-OH is 1. The lowest BCUT2D eigenvalue weighted by molar-refractivity contribution is 0.273. The minimum Gasteiger partial charge on any atom is -0.396 e. The number of benzene rings is 3. The van der Waals surface area contributed by atoms with Gasteiger partial charge in [-0.25, -0.2) is 0 Å². The molecular formula is C23H25NO. The molecule has 0 aliphatic carbocycles. The molecular weight excluding hydrogens is 306 g/mol. The van der Waals surface area contributed by atoms with E-state index < -0.39 is 0 Å². The highest BCUT2D eigenvalue weighted by atomic mass is 16.2. The first kappa shape index (κ1) is 17.4. The summed E-state index contributed by atoms with van der Waals surface area (Å²) in [6, 6.07) is 31.9. The molecule has 0 bridgehead atoms. The lowest BCUT2D eigenvalue weighted by atomic mass is 9.95. The van der Waals surface area contributed by atoms with Gasteiger partial charge in [0, 0.05) is 12.6 Å². The van der Waals surface area contributed by atoms with E-state index in [1.54, 1.807) is 0 Å². The van der Waals surface area contributed by atoms with Gasteiger partial charge in [-0.3, -0.25) is 5.32 Å². The largest absolute Gasteiger partial charge is 0.396 e. The molecule has 0 heterocycles. The summed E-state index contributed by atoms with van der Waals surface area (Å²) in [5.41, 5.74) is 3.75. The van der Waals surface area contributed by atoms with E-state index in [1.165, 1.54) is 16.7 Å². The summed E-state index contributed by atoms with van der Waals surface area (Å²) in [5, 5.41) is 13.1. The molecule has 1 unspecified atom stereocenters. The van der Waals surface area contributed by atoms with Gasteiger partial charge in [-0.1, -0.05) is 91.0 Å². The Balaban J connectivity index is 1.91. The topological polar surface area (TPSA) is 32.3 Å². The Kier molecular flexibility index (Phi) is 6.38. The Morgan fingerprint density at radius 3 is 1.52 bits per heavy atom. The van der Waals surface area contributed by atoms with E-state index in [9.17, 15) is 5.11 Å². The van der Waals surface area contributed by atoms with Crippen LogP contribution in [0.3, 0.4) is 0 Å². The fourth-order valence-corrected chi connectivity index (χ4v) is 3.20. The van der Waals surface area contributed by atoms with Crippen LogP contribution in [0, 0.1) is 0 Å². The van der Waals surface area contributed by atoms with Gasteiger partial charge in [0.2, 0.25) is 0 Å². The third kappa shape index (κ3) is 4.79. The minimum atomic E-state index is 0.117. The SMILES string of the molecule is OCCCC(NC(c1ccccc1)c1ccccc1)c1ccccc1. The lowest BCUT2D eigenvalue weighted by Gasteiger charge is -2.27. The van der Waals surface area contributed by atoms with E-state index in [-0.39, 0.29) is 18.7 Å². The second kappa shape index (κ2) is 9.16. The van der Waals surface area contributed by atoms with Crippen LogP contribution in [-0.2, 0) is 0 Å². The number of nitrogens with one attached hydrogen (secondary N) is 1. The number of hydrogen-bond donors (Lipinski definition) is 2. The second-order valence-electron chi connectivity index (χ2n) is 6.25. The molecule has 3 aromatic rings. The van der Waals surface area contributed by atoms with Crippen molar-refractivity contribution in [1.82, 2.24) is 5.32 Å². The summed E-state index contributed by atoms with van der Waals surface area (Å²) in [6.07, 6.45) is 1.68. The second-order valence-corrected chi connectivity index (χ2v) is 6.25. The van der Waals surface area contributed by atoms with Crippen LogP contribution in [0.1, 0.15) is 41.6 Å². The van der Waals surface area contributed by atoms with Crippen molar-refractivity contribution >= 4 is 0 Å². The highest BCUT2D eigenvalue weighted by molar-refractivity contribution is 5.32. The molecule has 0 saturated carbocycles. The van der Waals surface area contributed by atoms with E-state index in [2.05, 4.69) is 78.1 Å². The molecule has 2 nitrogen and oxygen atoms in total. The van der Waals surface area contributed by atoms with Gasteiger partial charge < -0.3 is 5.11 Å². The fourth-order valence-electron chi connectivity index (χ4n) is 3.20. The average Bonchev–Trinajstić information content (AvgIpc) is 2.70. The van der Waals surface area contributed by atoms with Crippen molar-refractivity contribution in [3.05, 3.63) is 108 Å². The molecule has 0 spiro atoms. The third-order valence-electron chi connectivity index (χ3n) is 4.49. The first-order valence-electron chi connectivity index (χ1n) is 8.90. The molecule has 25 heavy (non-hydrogen) atoms. The van der Waals surface area contributed by atoms with Crippen LogP contribution in [0.4, 0.5) is 0 Å². The molecule has 3 rings (SSSR count). The maximum atomic E-state index is 9.30. The van der Waals surface area contributed by atoms with Crippen molar-refractivity contribution in [3.63, 3.8) is 0 Å². The molecule has 128 valence electrons. The standard InChI is InChI=1S/C23H25NO/c25-18-10-17-22(19-11-4-1-5-12-19)24-23(20-13-6-2-7-14-20)21-15-8-3-9-16-21/h1-9,11-16,22-25H,10,17-18H2. The van der Waals surface area contributed by atoms with E-state index in [4.69, 9.17) is 0 Å². The Hall–Kier alpha value is -2.42. The Morgan fingerprint density at radius 1 is 0.640 bits per heavy atom. The van der Waals surface area contributed by atoms with Gasteiger partial charge in [0.25, 0.3) is 0 Å². The van der Waals surface area contributed by atoms with Crippen molar-refractivity contribution < 1.29 is 5.11 Å². The van der Waals surface area contributed by atoms with Gasteiger partial charge in [-0.15, -0.1) is 0 Å². The molecule has 0 saturated heterocycles. The molecule has 0 fully saturated rings. The quantitative estimate of drug-likeness (QED) is 0.616. The van der Waals surface area contributed by atoms with Crippen molar-refractivity contribution in [2.24, 2.45) is 0 Å². The van der Waals surface area contributed by atoms with Gasteiger partial charge in [0.05, 0.1) is 6.04 Å². The summed E-state index contributed by atoms with van der Waals surface area (Å²) in [5.74, 6) is 0. The highest BCUT2D eigenvalue weighted by Crippen LogP contribution is 2.28. The van der Waals surface area contributed by atoms with Crippen LogP contribution < -0.4 is 5.32 Å². The molecule has 0 aromatic heterocycles. The zero-order valence-electron chi connectivity index (χ0n) is 14.4. The van der Waals surface area contributed by atoms with Crippen LogP contribution in [0.5, 0.6) is 0 Å². The number of aliphatic hydroxyl groups is 1. The molecule has 2 N–H and O–H groups in total. The maximum Gasteiger partial charge on any atom is 0.0581 e. The molecule has 2 heteroatoms. The van der Waals surface area contributed by atoms with Gasteiger partial charge in [-0.05, 0) is 29.5 Å². The summed E-state index contributed by atoms with van der Waals surface area (Å²) in [4.78, 5) is 0. The maximum absolute atomic E-state index is 9.30. The van der Waals surface area contributed by atoms with E-state index in [0.29, 0.717) is 0 Å². The van der Waals surface area contributed by atoms with Gasteiger partial charge in [-0.2, -0.15) is 0 Å². The molecule has 0 radical (unpaired) electrons. The molecule has 1 atom stereocenters. The summed E-state index contributed by atoms with van der Waals surface area (Å²) in [6.45, 7) is 0.215. The van der Waals surface area contributed by atoms with Crippen molar-refractivity contribution in [2.45, 2.75) is 24.9 Å². The van der Waals surface area contributed by atoms with Crippen LogP contribution in [0.2, 0.25) is 0 Å². The third-order valence-corrected chi connectivity index (χ3v) is 4.49. The molecule has 0 amide bonds. The van der Waals surface area contributed by atoms with Crippen molar-refractivity contribution in [3.8, 4) is 0 Å². The summed E-state index contributed by atoms with van der Waals surface area (Å²) < 4.78 is 0. The molecule has 0 aliphatic heterocycles. The predicted octanol–water partition coefficient (Wildman–Crippen LogP) is 4.88. The van der Waals surface area contributed by atoms with Gasteiger partial charge >= 0.3 is 0 Å². The van der Waals surface area contributed by atoms with Crippen LogP contribution in [0.25, 0.3) is 0 Å². The highest BCUT2D eigenvalue weighted by Gasteiger charge is 2.19. The van der Waals surface area contributed by atoms with E-state index in [1.807, 2.05) is 18.2 Å². The Morgan fingerprint density at radius 2 is 1.08 bits per heavy atom. The number of hydrogen-bond acceptors (Lipinski definition) is 2. The zero-order chi connectivity index (χ0) is 17.3. The van der Waals surface area contributed by atoms with Crippen LogP contribution in [-0.4, -0.2) is 11.7 Å². The van der Waals surface area contributed by atoms with Gasteiger partial charge in [0.15, 0.2) is 0 Å². The molecule has 0 aliphatic rings. The first-order valence-corrected chi connectivity index (χ1v) is 8.90. The van der Waals surface area contributed by atoms with E-state index in [0.717, 1.165) is 12.8 Å². The number of rotatable bonds is 8. The monoisotopic (exact) mass is 331 g/mol. The first-order chi connectivity index (χ1) is 12.4. The summed E-state index contributed by atoms with van der Waals surface area (Å²) in [7, 11) is 0. The van der Waals surface area contributed by atoms with Gasteiger partial charge in [0.1, 0.15) is 0 Å². The Bertz CT molecular complexity index is 688. The molecule has 3 aromatic carbocycles. The normalized spacial score (nSPS) is 12.2. The predicted molar refractivity (Wildman–Crippen MR) is 103 cm³/mol. The minimum absolute atomic E-state index is 0.117. The van der Waals surface area contributed by atoms with E-state index >= 15 is 0 Å². The Labute approximate surface area is 150 Å².